The number of hydrogen-bond donors (Lipinski definition) is 2. The van der Waals surface area contributed by atoms with Crippen LogP contribution in [0.25, 0.3) is 5.69 Å². The Bertz CT molecular complexity index is 885. The van der Waals surface area contributed by atoms with Crippen LogP contribution in [0.3, 0.4) is 0 Å². The summed E-state index contributed by atoms with van der Waals surface area (Å²) >= 11 is 0. The van der Waals surface area contributed by atoms with E-state index in [4.69, 9.17) is 0 Å². The van der Waals surface area contributed by atoms with Gasteiger partial charge in [-0.05, 0) is 48.0 Å². The number of nitrogens with zero attached hydrogens (tertiary/aromatic N) is 3. The quantitative estimate of drug-likeness (QED) is 0.519. The molecule has 27 heavy (non-hydrogen) atoms. The van der Waals surface area contributed by atoms with E-state index in [-0.39, 0.29) is 11.6 Å². The molecule has 0 unspecified atom stereocenters. The third-order valence-corrected chi connectivity index (χ3v) is 4.01. The van der Waals surface area contributed by atoms with Gasteiger partial charge in [0.1, 0.15) is 11.6 Å². The summed E-state index contributed by atoms with van der Waals surface area (Å²) < 4.78 is 27.6. The van der Waals surface area contributed by atoms with Crippen LogP contribution in [-0.4, -0.2) is 29.3 Å². The van der Waals surface area contributed by atoms with Crippen molar-refractivity contribution in [1.82, 2.24) is 20.4 Å². The lowest BCUT2D eigenvalue weighted by atomic mass is 10.2. The van der Waals surface area contributed by atoms with E-state index in [9.17, 15) is 8.78 Å². The molecule has 3 aromatic rings. The Hall–Kier alpha value is -3.22. The minimum Gasteiger partial charge on any atom is -0.356 e. The maximum Gasteiger partial charge on any atom is 0.191 e. The lowest BCUT2D eigenvalue weighted by Crippen LogP contribution is -2.37. The number of rotatable bonds is 6. The fourth-order valence-electron chi connectivity index (χ4n) is 2.55. The summed E-state index contributed by atoms with van der Waals surface area (Å²) in [6.45, 7) is 1.21. The highest BCUT2D eigenvalue weighted by Crippen LogP contribution is 2.09. The van der Waals surface area contributed by atoms with E-state index in [1.807, 2.05) is 12.3 Å². The van der Waals surface area contributed by atoms with E-state index < -0.39 is 0 Å². The van der Waals surface area contributed by atoms with Crippen LogP contribution in [-0.2, 0) is 13.0 Å². The molecule has 0 saturated heterocycles. The summed E-state index contributed by atoms with van der Waals surface area (Å²) in [5.74, 6) is 0.147. The zero-order chi connectivity index (χ0) is 19.1. The third-order valence-electron chi connectivity index (χ3n) is 4.01. The van der Waals surface area contributed by atoms with Gasteiger partial charge in [-0.1, -0.05) is 12.1 Å². The molecule has 1 heterocycles. The van der Waals surface area contributed by atoms with Gasteiger partial charge < -0.3 is 10.6 Å². The molecule has 0 atom stereocenters. The summed E-state index contributed by atoms with van der Waals surface area (Å²) in [5, 5.41) is 10.9. The van der Waals surface area contributed by atoms with Crippen molar-refractivity contribution >= 4 is 5.96 Å². The van der Waals surface area contributed by atoms with E-state index in [1.54, 1.807) is 36.0 Å². The summed E-state index contributed by atoms with van der Waals surface area (Å²) in [6.07, 6.45) is 2.57. The van der Waals surface area contributed by atoms with Gasteiger partial charge in [0.25, 0.3) is 0 Å². The van der Waals surface area contributed by atoms with Crippen LogP contribution < -0.4 is 10.6 Å². The van der Waals surface area contributed by atoms with Crippen molar-refractivity contribution in [3.8, 4) is 5.69 Å². The molecule has 2 aromatic carbocycles. The summed E-state index contributed by atoms with van der Waals surface area (Å²) in [6, 6.07) is 14.5. The third kappa shape index (κ3) is 5.37. The maximum atomic E-state index is 13.0. The number of aliphatic imine (C=N–C) groups is 1. The molecule has 0 spiro atoms. The summed E-state index contributed by atoms with van der Waals surface area (Å²) in [4.78, 5) is 4.17. The number of nitrogens with one attached hydrogen (secondary N) is 2. The first kappa shape index (κ1) is 18.6. The largest absolute Gasteiger partial charge is 0.356 e. The van der Waals surface area contributed by atoms with Crippen LogP contribution in [0.15, 0.2) is 65.8 Å². The molecule has 0 aliphatic heterocycles. The van der Waals surface area contributed by atoms with Crippen LogP contribution in [0.1, 0.15) is 11.3 Å². The maximum absolute atomic E-state index is 13.0. The van der Waals surface area contributed by atoms with E-state index in [0.29, 0.717) is 25.5 Å². The molecule has 0 amide bonds. The zero-order valence-electron chi connectivity index (χ0n) is 15.0. The zero-order valence-corrected chi connectivity index (χ0v) is 15.0. The van der Waals surface area contributed by atoms with Gasteiger partial charge >= 0.3 is 0 Å². The number of hydrogen-bond acceptors (Lipinski definition) is 2. The van der Waals surface area contributed by atoms with Gasteiger partial charge in [-0.2, -0.15) is 5.10 Å². The van der Waals surface area contributed by atoms with E-state index >= 15 is 0 Å². The number of halogens is 2. The Labute approximate surface area is 156 Å². The first-order chi connectivity index (χ1) is 13.1. The normalized spacial score (nSPS) is 11.4. The highest BCUT2D eigenvalue weighted by atomic mass is 19.1. The summed E-state index contributed by atoms with van der Waals surface area (Å²) in [7, 11) is 1.70. The molecule has 0 fully saturated rings. The van der Waals surface area contributed by atoms with Crippen LogP contribution in [0.4, 0.5) is 8.78 Å². The molecule has 7 heteroatoms. The molecule has 140 valence electrons. The fraction of sp³-hybridized carbons (Fsp3) is 0.200. The molecule has 0 aliphatic carbocycles. The van der Waals surface area contributed by atoms with Gasteiger partial charge in [0.15, 0.2) is 5.96 Å². The van der Waals surface area contributed by atoms with Crippen molar-refractivity contribution in [3.63, 3.8) is 0 Å². The van der Waals surface area contributed by atoms with Gasteiger partial charge in [0.2, 0.25) is 0 Å². The van der Waals surface area contributed by atoms with Crippen LogP contribution in [0, 0.1) is 11.6 Å². The smallest absolute Gasteiger partial charge is 0.191 e. The molecule has 1 aromatic heterocycles. The average Bonchev–Trinajstić information content (AvgIpc) is 3.15. The van der Waals surface area contributed by atoms with Crippen LogP contribution in [0.5, 0.6) is 0 Å². The highest BCUT2D eigenvalue weighted by molar-refractivity contribution is 5.79. The van der Waals surface area contributed by atoms with Crippen molar-refractivity contribution in [2.75, 3.05) is 13.6 Å². The number of benzene rings is 2. The van der Waals surface area contributed by atoms with E-state index in [1.165, 1.54) is 24.3 Å². The molecule has 0 aliphatic rings. The lowest BCUT2D eigenvalue weighted by molar-refractivity contribution is 0.626. The Morgan fingerprint density at radius 2 is 1.63 bits per heavy atom. The second kappa shape index (κ2) is 8.93. The minimum absolute atomic E-state index is 0.249. The van der Waals surface area contributed by atoms with Crippen molar-refractivity contribution in [2.24, 2.45) is 4.99 Å². The second-order valence-electron chi connectivity index (χ2n) is 5.96. The molecule has 0 bridgehead atoms. The predicted molar refractivity (Wildman–Crippen MR) is 102 cm³/mol. The van der Waals surface area contributed by atoms with Gasteiger partial charge in [-0.25, -0.2) is 13.5 Å². The van der Waals surface area contributed by atoms with Crippen LogP contribution >= 0.6 is 0 Å². The highest BCUT2D eigenvalue weighted by Gasteiger charge is 2.03. The van der Waals surface area contributed by atoms with E-state index in [0.717, 1.165) is 16.9 Å². The predicted octanol–water partition coefficient (Wildman–Crippen LogP) is 3.06. The molecule has 5 nitrogen and oxygen atoms in total. The second-order valence-corrected chi connectivity index (χ2v) is 5.96. The van der Waals surface area contributed by atoms with Gasteiger partial charge in [-0.3, -0.25) is 4.99 Å². The molecule has 2 N–H and O–H groups in total. The van der Waals surface area contributed by atoms with Crippen molar-refractivity contribution in [1.29, 1.82) is 0 Å². The SMILES string of the molecule is CN=C(NCCc1ccn(-c2ccc(F)cc2)n1)NCc1ccc(F)cc1. The number of guanidine groups is 1. The molecular weight excluding hydrogens is 348 g/mol. The first-order valence-corrected chi connectivity index (χ1v) is 8.63. The van der Waals surface area contributed by atoms with Crippen molar-refractivity contribution < 1.29 is 8.78 Å². The Morgan fingerprint density at radius 3 is 2.30 bits per heavy atom. The Morgan fingerprint density at radius 1 is 0.963 bits per heavy atom. The standard InChI is InChI=1S/C20H21F2N5/c1-23-20(25-14-15-2-4-16(21)5-3-15)24-12-10-18-11-13-27(26-18)19-8-6-17(22)7-9-19/h2-9,11,13H,10,12,14H2,1H3,(H2,23,24,25). The molecule has 0 saturated carbocycles. The lowest BCUT2D eigenvalue weighted by Gasteiger charge is -2.11. The van der Waals surface area contributed by atoms with Gasteiger partial charge in [0.05, 0.1) is 11.4 Å². The molecule has 3 rings (SSSR count). The Kier molecular flexibility index (Phi) is 6.14. The number of aromatic nitrogens is 2. The van der Waals surface area contributed by atoms with Crippen LogP contribution in [0.2, 0.25) is 0 Å². The average molecular weight is 369 g/mol. The Balaban J connectivity index is 1.47. The molecular formula is C20H21F2N5. The minimum atomic E-state index is -0.269. The van der Waals surface area contributed by atoms with Gasteiger partial charge in [0, 0.05) is 32.8 Å². The fourth-order valence-corrected chi connectivity index (χ4v) is 2.55. The molecule has 0 radical (unpaired) electrons. The van der Waals surface area contributed by atoms with E-state index in [2.05, 4.69) is 20.7 Å². The van der Waals surface area contributed by atoms with Crippen molar-refractivity contribution in [3.05, 3.63) is 83.7 Å². The topological polar surface area (TPSA) is 54.2 Å². The summed E-state index contributed by atoms with van der Waals surface area (Å²) in [5.41, 5.74) is 2.70. The monoisotopic (exact) mass is 369 g/mol. The first-order valence-electron chi connectivity index (χ1n) is 8.63. The van der Waals surface area contributed by atoms with Crippen molar-refractivity contribution in [2.45, 2.75) is 13.0 Å². The van der Waals surface area contributed by atoms with Gasteiger partial charge in [-0.15, -0.1) is 0 Å².